The third-order valence-corrected chi connectivity index (χ3v) is 4.74. The fourth-order valence-corrected chi connectivity index (χ4v) is 3.69. The third kappa shape index (κ3) is 2.82. The van der Waals surface area contributed by atoms with Crippen LogP contribution in [0.4, 0.5) is 13.2 Å². The first kappa shape index (κ1) is 15.3. The van der Waals surface area contributed by atoms with Crippen LogP contribution in [0.15, 0.2) is 18.5 Å². The largest absolute Gasteiger partial charge is 0.416 e. The maximum Gasteiger partial charge on any atom is 0.416 e. The zero-order valence-corrected chi connectivity index (χ0v) is 12.0. The highest BCUT2D eigenvalue weighted by molar-refractivity contribution is 5.80. The van der Waals surface area contributed by atoms with Crippen molar-refractivity contribution in [1.29, 1.82) is 0 Å². The average Bonchev–Trinajstić information content (AvgIpc) is 2.96. The van der Waals surface area contributed by atoms with E-state index in [0.717, 1.165) is 44.3 Å². The molecule has 7 heteroatoms. The van der Waals surface area contributed by atoms with E-state index in [4.69, 9.17) is 0 Å². The van der Waals surface area contributed by atoms with Gasteiger partial charge in [0.05, 0.1) is 17.5 Å². The van der Waals surface area contributed by atoms with Gasteiger partial charge in [0.2, 0.25) is 5.91 Å². The first-order valence-corrected chi connectivity index (χ1v) is 7.42. The summed E-state index contributed by atoms with van der Waals surface area (Å²) in [6.07, 6.45) is 0.436. The molecule has 2 aliphatic rings. The van der Waals surface area contributed by atoms with Crippen molar-refractivity contribution in [2.24, 2.45) is 5.92 Å². The Hall–Kier alpha value is -1.63. The first-order valence-electron chi connectivity index (χ1n) is 7.42. The predicted octanol–water partition coefficient (Wildman–Crippen LogP) is 1.90. The lowest BCUT2D eigenvalue weighted by Gasteiger charge is -2.30. The number of fused-ring (bicyclic) bond motifs is 1. The van der Waals surface area contributed by atoms with E-state index in [2.05, 4.69) is 15.6 Å². The Labute approximate surface area is 126 Å². The zero-order valence-electron chi connectivity index (χ0n) is 12.0. The summed E-state index contributed by atoms with van der Waals surface area (Å²) in [6, 6.07) is 0.913. The summed E-state index contributed by atoms with van der Waals surface area (Å²) in [4.78, 5) is 16.0. The Bertz CT molecular complexity index is 563. The molecule has 4 nitrogen and oxygen atoms in total. The molecule has 1 aliphatic carbocycles. The number of rotatable bonds is 3. The molecule has 3 rings (SSSR count). The molecule has 120 valence electrons. The Morgan fingerprint density at radius 3 is 3.09 bits per heavy atom. The van der Waals surface area contributed by atoms with Gasteiger partial charge in [-0.3, -0.25) is 9.78 Å². The number of nitrogens with zero attached hydrogens (tertiary/aromatic N) is 1. The topological polar surface area (TPSA) is 54.0 Å². The van der Waals surface area contributed by atoms with Crippen LogP contribution in [0.2, 0.25) is 0 Å². The summed E-state index contributed by atoms with van der Waals surface area (Å²) in [5.74, 6) is 0.0153. The van der Waals surface area contributed by atoms with Crippen LogP contribution in [0.3, 0.4) is 0 Å². The standard InChI is InChI=1S/C15H18F3N3O/c16-15(17,18)12-3-5-19-7-10(12)6-13(22)21-14-4-1-2-11(14)8-20-9-14/h3,5,7,11,20H,1-2,4,6,8-9H2,(H,21,22)/t11-,14-/m0/s1. The molecule has 0 unspecified atom stereocenters. The number of nitrogens with one attached hydrogen (secondary N) is 2. The summed E-state index contributed by atoms with van der Waals surface area (Å²) in [7, 11) is 0. The smallest absolute Gasteiger partial charge is 0.349 e. The summed E-state index contributed by atoms with van der Waals surface area (Å²) >= 11 is 0. The molecule has 1 saturated carbocycles. The van der Waals surface area contributed by atoms with E-state index in [0.29, 0.717) is 12.5 Å². The number of amides is 1. The van der Waals surface area contributed by atoms with Crippen molar-refractivity contribution in [3.05, 3.63) is 29.6 Å². The van der Waals surface area contributed by atoms with Gasteiger partial charge in [0.15, 0.2) is 0 Å². The number of carbonyl (C=O) groups excluding carboxylic acids is 1. The molecular formula is C15H18F3N3O. The molecule has 1 aliphatic heterocycles. The molecule has 0 bridgehead atoms. The molecule has 22 heavy (non-hydrogen) atoms. The maximum absolute atomic E-state index is 12.9. The van der Waals surface area contributed by atoms with Crippen LogP contribution < -0.4 is 10.6 Å². The second-order valence-corrected chi connectivity index (χ2v) is 6.13. The lowest BCUT2D eigenvalue weighted by atomic mass is 9.90. The average molecular weight is 313 g/mol. The fourth-order valence-electron chi connectivity index (χ4n) is 3.69. The van der Waals surface area contributed by atoms with Gasteiger partial charge in [-0.2, -0.15) is 13.2 Å². The van der Waals surface area contributed by atoms with Gasteiger partial charge in [-0.1, -0.05) is 6.42 Å². The fraction of sp³-hybridized carbons (Fsp3) is 0.600. The molecule has 1 aromatic rings. The zero-order chi connectivity index (χ0) is 15.8. The number of hydrogen-bond acceptors (Lipinski definition) is 3. The van der Waals surface area contributed by atoms with Crippen molar-refractivity contribution in [2.75, 3.05) is 13.1 Å². The monoisotopic (exact) mass is 313 g/mol. The van der Waals surface area contributed by atoms with Crippen molar-refractivity contribution in [2.45, 2.75) is 37.4 Å². The number of halogens is 3. The van der Waals surface area contributed by atoms with Gasteiger partial charge in [-0.05, 0) is 30.4 Å². The Morgan fingerprint density at radius 1 is 1.50 bits per heavy atom. The normalized spacial score (nSPS) is 27.7. The van der Waals surface area contributed by atoms with Crippen LogP contribution in [0, 0.1) is 5.92 Å². The van der Waals surface area contributed by atoms with Crippen molar-refractivity contribution in [3.8, 4) is 0 Å². The SMILES string of the molecule is O=C(Cc1cnccc1C(F)(F)F)N[C@]12CCC[C@H]1CNC2. The molecule has 0 aromatic carbocycles. The van der Waals surface area contributed by atoms with E-state index in [9.17, 15) is 18.0 Å². The Morgan fingerprint density at radius 2 is 2.32 bits per heavy atom. The van der Waals surface area contributed by atoms with Gasteiger partial charge in [-0.25, -0.2) is 0 Å². The van der Waals surface area contributed by atoms with E-state index in [1.54, 1.807) is 0 Å². The minimum absolute atomic E-state index is 0.0793. The lowest BCUT2D eigenvalue weighted by Crippen LogP contribution is -2.52. The van der Waals surface area contributed by atoms with E-state index < -0.39 is 11.7 Å². The van der Waals surface area contributed by atoms with Crippen LogP contribution in [0.25, 0.3) is 0 Å². The number of carbonyl (C=O) groups is 1. The number of pyridine rings is 1. The highest BCUT2D eigenvalue weighted by Gasteiger charge is 2.47. The molecule has 0 radical (unpaired) electrons. The minimum Gasteiger partial charge on any atom is -0.349 e. The summed E-state index contributed by atoms with van der Waals surface area (Å²) in [5, 5.41) is 6.25. The number of aromatic nitrogens is 1. The molecule has 1 saturated heterocycles. The minimum atomic E-state index is -4.47. The van der Waals surface area contributed by atoms with Crippen LogP contribution in [-0.4, -0.2) is 29.5 Å². The molecular weight excluding hydrogens is 295 g/mol. The Kier molecular flexibility index (Phi) is 3.84. The van der Waals surface area contributed by atoms with Crippen molar-refractivity contribution < 1.29 is 18.0 Å². The molecule has 2 atom stereocenters. The molecule has 1 aromatic heterocycles. The van der Waals surface area contributed by atoms with E-state index >= 15 is 0 Å². The van der Waals surface area contributed by atoms with Crippen LogP contribution in [-0.2, 0) is 17.4 Å². The summed E-state index contributed by atoms with van der Waals surface area (Å²) in [6.45, 7) is 1.56. The highest BCUT2D eigenvalue weighted by atomic mass is 19.4. The lowest BCUT2D eigenvalue weighted by molar-refractivity contribution is -0.138. The summed E-state index contributed by atoms with van der Waals surface area (Å²) in [5.41, 5.74) is -1.15. The van der Waals surface area contributed by atoms with Gasteiger partial charge in [-0.15, -0.1) is 0 Å². The van der Waals surface area contributed by atoms with Gasteiger partial charge < -0.3 is 10.6 Å². The highest BCUT2D eigenvalue weighted by Crippen LogP contribution is 2.38. The van der Waals surface area contributed by atoms with Crippen LogP contribution in [0.1, 0.15) is 30.4 Å². The summed E-state index contributed by atoms with van der Waals surface area (Å²) < 4.78 is 38.8. The molecule has 2 N–H and O–H groups in total. The second-order valence-electron chi connectivity index (χ2n) is 6.13. The molecule has 1 amide bonds. The van der Waals surface area contributed by atoms with Gasteiger partial charge in [0.1, 0.15) is 0 Å². The van der Waals surface area contributed by atoms with Crippen molar-refractivity contribution in [1.82, 2.24) is 15.6 Å². The van der Waals surface area contributed by atoms with E-state index in [-0.39, 0.29) is 23.4 Å². The first-order chi connectivity index (χ1) is 10.4. The maximum atomic E-state index is 12.9. The quantitative estimate of drug-likeness (QED) is 0.896. The van der Waals surface area contributed by atoms with Crippen molar-refractivity contribution in [3.63, 3.8) is 0 Å². The third-order valence-electron chi connectivity index (χ3n) is 4.74. The molecule has 0 spiro atoms. The van der Waals surface area contributed by atoms with Crippen LogP contribution >= 0.6 is 0 Å². The number of hydrogen-bond donors (Lipinski definition) is 2. The van der Waals surface area contributed by atoms with Crippen molar-refractivity contribution >= 4 is 5.91 Å². The predicted molar refractivity (Wildman–Crippen MR) is 74.0 cm³/mol. The van der Waals surface area contributed by atoms with E-state index in [1.165, 1.54) is 0 Å². The number of alkyl halides is 3. The van der Waals surface area contributed by atoms with Gasteiger partial charge >= 0.3 is 6.18 Å². The Balaban J connectivity index is 1.73. The van der Waals surface area contributed by atoms with Crippen LogP contribution in [0.5, 0.6) is 0 Å². The van der Waals surface area contributed by atoms with Gasteiger partial charge in [0, 0.05) is 25.5 Å². The second kappa shape index (κ2) is 5.53. The van der Waals surface area contributed by atoms with E-state index in [1.807, 2.05) is 0 Å². The molecule has 2 heterocycles. The van der Waals surface area contributed by atoms with Gasteiger partial charge in [0.25, 0.3) is 0 Å². The molecule has 2 fully saturated rings.